The maximum absolute atomic E-state index is 11.4. The van der Waals surface area contributed by atoms with Gasteiger partial charge in [0.2, 0.25) is 0 Å². The molecule has 78 valence electrons. The predicted octanol–water partition coefficient (Wildman–Crippen LogP) is 2.42. The summed E-state index contributed by atoms with van der Waals surface area (Å²) in [4.78, 5) is 11.4. The highest BCUT2D eigenvalue weighted by atomic mass is 79.9. The van der Waals surface area contributed by atoms with Gasteiger partial charge >= 0.3 is 5.97 Å². The fourth-order valence-electron chi connectivity index (χ4n) is 1.47. The summed E-state index contributed by atoms with van der Waals surface area (Å²) in [6.07, 6.45) is 0. The molecule has 0 aliphatic carbocycles. The Bertz CT molecular complexity index is 533. The topological polar surface area (TPSA) is 55.0 Å². The van der Waals surface area contributed by atoms with Crippen LogP contribution in [0.15, 0.2) is 16.6 Å². The van der Waals surface area contributed by atoms with E-state index in [-0.39, 0.29) is 0 Å². The number of fused-ring (bicyclic) bond motifs is 1. The zero-order valence-electron chi connectivity index (χ0n) is 8.30. The third kappa shape index (κ3) is 1.63. The molecule has 0 aliphatic rings. The molecule has 4 nitrogen and oxygen atoms in total. The first-order valence-corrected chi connectivity index (χ1v) is 5.15. The minimum Gasteiger partial charge on any atom is -0.464 e. The molecule has 0 unspecified atom stereocenters. The van der Waals surface area contributed by atoms with Gasteiger partial charge in [0.05, 0.1) is 7.11 Å². The molecule has 0 atom stereocenters. The second-order valence-electron chi connectivity index (χ2n) is 3.23. The van der Waals surface area contributed by atoms with E-state index in [0.717, 1.165) is 20.9 Å². The first-order chi connectivity index (χ1) is 7.13. The number of aryl methyl sites for hydroxylation is 1. The molecule has 0 amide bonds. The molecule has 0 fully saturated rings. The van der Waals surface area contributed by atoms with E-state index in [2.05, 4.69) is 30.9 Å². The summed E-state index contributed by atoms with van der Waals surface area (Å²) in [5, 5.41) is 7.51. The van der Waals surface area contributed by atoms with Gasteiger partial charge in [0.25, 0.3) is 0 Å². The van der Waals surface area contributed by atoms with E-state index in [1.54, 1.807) is 0 Å². The van der Waals surface area contributed by atoms with Crippen molar-refractivity contribution in [3.05, 3.63) is 27.9 Å². The van der Waals surface area contributed by atoms with E-state index in [9.17, 15) is 4.79 Å². The predicted molar refractivity (Wildman–Crippen MR) is 59.9 cm³/mol. The molecule has 5 heteroatoms. The third-order valence-electron chi connectivity index (χ3n) is 2.15. The van der Waals surface area contributed by atoms with Crippen molar-refractivity contribution in [2.75, 3.05) is 7.11 Å². The number of methoxy groups -OCH3 is 1. The zero-order chi connectivity index (χ0) is 11.0. The SMILES string of the molecule is COC(=O)c1[nH]nc2c(Br)cc(C)cc12. The largest absolute Gasteiger partial charge is 0.464 e. The number of carbonyl (C=O) groups is 1. The lowest BCUT2D eigenvalue weighted by atomic mass is 10.1. The number of hydrogen-bond donors (Lipinski definition) is 1. The van der Waals surface area contributed by atoms with Crippen LogP contribution >= 0.6 is 15.9 Å². The van der Waals surface area contributed by atoms with E-state index in [4.69, 9.17) is 0 Å². The number of hydrogen-bond acceptors (Lipinski definition) is 3. The van der Waals surface area contributed by atoms with Gasteiger partial charge in [-0.05, 0) is 40.5 Å². The van der Waals surface area contributed by atoms with Crippen LogP contribution in [0.1, 0.15) is 16.1 Å². The molecule has 0 bridgehead atoms. The fourth-order valence-corrected chi connectivity index (χ4v) is 2.13. The third-order valence-corrected chi connectivity index (χ3v) is 2.75. The highest BCUT2D eigenvalue weighted by Gasteiger charge is 2.15. The smallest absolute Gasteiger partial charge is 0.356 e. The summed E-state index contributed by atoms with van der Waals surface area (Å²) in [6, 6.07) is 3.85. The Hall–Kier alpha value is -1.36. The van der Waals surface area contributed by atoms with Crippen LogP contribution in [0.25, 0.3) is 10.9 Å². The fraction of sp³-hybridized carbons (Fsp3) is 0.200. The zero-order valence-corrected chi connectivity index (χ0v) is 9.88. The van der Waals surface area contributed by atoms with Crippen molar-refractivity contribution < 1.29 is 9.53 Å². The van der Waals surface area contributed by atoms with Crippen molar-refractivity contribution in [3.8, 4) is 0 Å². The average Bonchev–Trinajstić information content (AvgIpc) is 2.60. The van der Waals surface area contributed by atoms with Gasteiger partial charge in [0, 0.05) is 9.86 Å². The summed E-state index contributed by atoms with van der Waals surface area (Å²) in [5.41, 5.74) is 2.18. The number of H-pyrrole nitrogens is 1. The Morgan fingerprint density at radius 1 is 1.53 bits per heavy atom. The lowest BCUT2D eigenvalue weighted by Crippen LogP contribution is -2.01. The average molecular weight is 269 g/mol. The van der Waals surface area contributed by atoms with Gasteiger partial charge in [-0.1, -0.05) is 0 Å². The van der Waals surface area contributed by atoms with Gasteiger partial charge in [-0.2, -0.15) is 5.10 Å². The molecular formula is C10H9BrN2O2. The van der Waals surface area contributed by atoms with E-state index in [0.29, 0.717) is 5.69 Å². The van der Waals surface area contributed by atoms with Crippen molar-refractivity contribution >= 4 is 32.8 Å². The van der Waals surface area contributed by atoms with E-state index in [1.165, 1.54) is 7.11 Å². The van der Waals surface area contributed by atoms with Crippen LogP contribution in [0.3, 0.4) is 0 Å². The number of carbonyl (C=O) groups excluding carboxylic acids is 1. The Morgan fingerprint density at radius 3 is 2.93 bits per heavy atom. The number of nitrogens with zero attached hydrogens (tertiary/aromatic N) is 1. The lowest BCUT2D eigenvalue weighted by Gasteiger charge is -1.98. The molecule has 0 spiro atoms. The molecule has 2 rings (SSSR count). The first-order valence-electron chi connectivity index (χ1n) is 4.36. The molecule has 0 radical (unpaired) electrons. The monoisotopic (exact) mass is 268 g/mol. The van der Waals surface area contributed by atoms with Crippen LogP contribution in [0.5, 0.6) is 0 Å². The summed E-state index contributed by atoms with van der Waals surface area (Å²) in [7, 11) is 1.35. The lowest BCUT2D eigenvalue weighted by molar-refractivity contribution is 0.0596. The molecule has 2 aromatic rings. The number of nitrogens with one attached hydrogen (secondary N) is 1. The number of aromatic amines is 1. The highest BCUT2D eigenvalue weighted by molar-refractivity contribution is 9.10. The van der Waals surface area contributed by atoms with Crippen LogP contribution in [0.2, 0.25) is 0 Å². The molecule has 1 aromatic heterocycles. The second-order valence-corrected chi connectivity index (χ2v) is 4.09. The molecule has 15 heavy (non-hydrogen) atoms. The maximum Gasteiger partial charge on any atom is 0.356 e. The number of esters is 1. The van der Waals surface area contributed by atoms with Gasteiger partial charge in [-0.25, -0.2) is 4.79 Å². The minimum atomic E-state index is -0.407. The normalized spacial score (nSPS) is 10.6. The van der Waals surface area contributed by atoms with E-state index in [1.807, 2.05) is 19.1 Å². The molecule has 1 aromatic carbocycles. The standard InChI is InChI=1S/C10H9BrN2O2/c1-5-3-6-8(7(11)4-5)12-13-9(6)10(14)15-2/h3-4H,1-2H3,(H,12,13). The van der Waals surface area contributed by atoms with Gasteiger partial charge < -0.3 is 4.74 Å². The maximum atomic E-state index is 11.4. The number of halogens is 1. The minimum absolute atomic E-state index is 0.386. The van der Waals surface area contributed by atoms with Gasteiger partial charge in [0.1, 0.15) is 5.52 Å². The van der Waals surface area contributed by atoms with Crippen LogP contribution in [-0.4, -0.2) is 23.3 Å². The Labute approximate surface area is 94.7 Å². The summed E-state index contributed by atoms with van der Waals surface area (Å²) >= 11 is 3.40. The Morgan fingerprint density at radius 2 is 2.27 bits per heavy atom. The quantitative estimate of drug-likeness (QED) is 0.809. The molecule has 0 saturated carbocycles. The number of aromatic nitrogens is 2. The number of ether oxygens (including phenoxy) is 1. The van der Waals surface area contributed by atoms with Crippen molar-refractivity contribution in [2.45, 2.75) is 6.92 Å². The van der Waals surface area contributed by atoms with Crippen molar-refractivity contribution in [2.24, 2.45) is 0 Å². The molecular weight excluding hydrogens is 260 g/mol. The van der Waals surface area contributed by atoms with Gasteiger partial charge in [0.15, 0.2) is 5.69 Å². The molecule has 0 saturated heterocycles. The van der Waals surface area contributed by atoms with Crippen LogP contribution in [0, 0.1) is 6.92 Å². The van der Waals surface area contributed by atoms with E-state index < -0.39 is 5.97 Å². The second kappa shape index (κ2) is 3.66. The van der Waals surface area contributed by atoms with E-state index >= 15 is 0 Å². The summed E-state index contributed by atoms with van der Waals surface area (Å²) in [5.74, 6) is -0.407. The Kier molecular flexibility index (Phi) is 2.48. The van der Waals surface area contributed by atoms with Crippen LogP contribution in [-0.2, 0) is 4.74 Å². The van der Waals surface area contributed by atoms with Gasteiger partial charge in [-0.3, -0.25) is 5.10 Å². The first kappa shape index (κ1) is 10.2. The Balaban J connectivity index is 2.74. The van der Waals surface area contributed by atoms with Crippen LogP contribution in [0.4, 0.5) is 0 Å². The summed E-state index contributed by atoms with van der Waals surface area (Å²) in [6.45, 7) is 1.96. The van der Waals surface area contributed by atoms with Crippen LogP contribution < -0.4 is 0 Å². The highest BCUT2D eigenvalue weighted by Crippen LogP contribution is 2.26. The van der Waals surface area contributed by atoms with Gasteiger partial charge in [-0.15, -0.1) is 0 Å². The number of benzene rings is 1. The van der Waals surface area contributed by atoms with Crippen molar-refractivity contribution in [1.29, 1.82) is 0 Å². The molecule has 0 aliphatic heterocycles. The molecule has 1 N–H and O–H groups in total. The summed E-state index contributed by atoms with van der Waals surface area (Å²) < 4.78 is 5.52. The number of rotatable bonds is 1. The molecule has 1 heterocycles. The van der Waals surface area contributed by atoms with Crippen molar-refractivity contribution in [3.63, 3.8) is 0 Å². The van der Waals surface area contributed by atoms with Crippen molar-refractivity contribution in [1.82, 2.24) is 10.2 Å².